The van der Waals surface area contributed by atoms with E-state index >= 15 is 0 Å². The van der Waals surface area contributed by atoms with Crippen LogP contribution in [0.25, 0.3) is 0 Å². The zero-order valence-corrected chi connectivity index (χ0v) is 12.7. The fraction of sp³-hybridized carbons (Fsp3) is 0.368. The van der Waals surface area contributed by atoms with Crippen molar-refractivity contribution in [1.82, 2.24) is 5.32 Å². The summed E-state index contributed by atoms with van der Waals surface area (Å²) in [5.74, 6) is -0.175. The molecular formula is C19H22FN. The zero-order valence-electron chi connectivity index (χ0n) is 12.7. The van der Waals surface area contributed by atoms with Gasteiger partial charge in [-0.1, -0.05) is 30.3 Å². The molecule has 1 unspecified atom stereocenters. The fourth-order valence-corrected chi connectivity index (χ4v) is 3.20. The first kappa shape index (κ1) is 14.3. The summed E-state index contributed by atoms with van der Waals surface area (Å²) >= 11 is 0. The van der Waals surface area contributed by atoms with Gasteiger partial charge in [-0.15, -0.1) is 0 Å². The highest BCUT2D eigenvalue weighted by atomic mass is 19.1. The van der Waals surface area contributed by atoms with E-state index in [-0.39, 0.29) is 17.9 Å². The molecule has 0 aliphatic heterocycles. The minimum atomic E-state index is -0.175. The van der Waals surface area contributed by atoms with Gasteiger partial charge in [0.25, 0.3) is 0 Å². The van der Waals surface area contributed by atoms with Gasteiger partial charge in [0.1, 0.15) is 5.82 Å². The van der Waals surface area contributed by atoms with E-state index in [1.54, 1.807) is 12.1 Å². The molecule has 0 saturated heterocycles. The standard InChI is InChI=1S/C19H22FN/c1-13(16-6-4-8-19(20)12-16)21-14(2)17-10-9-15-5-3-7-18(15)11-17/h4,6,8-14,21H,3,5,7H2,1-2H3/t13-,14?/m1/s1. The van der Waals surface area contributed by atoms with Crippen LogP contribution in [0.1, 0.15) is 54.6 Å². The Labute approximate surface area is 126 Å². The van der Waals surface area contributed by atoms with Gasteiger partial charge in [0.05, 0.1) is 0 Å². The second kappa shape index (κ2) is 5.98. The van der Waals surface area contributed by atoms with Gasteiger partial charge in [-0.05, 0) is 67.5 Å². The van der Waals surface area contributed by atoms with E-state index in [2.05, 4.69) is 37.4 Å². The number of hydrogen-bond donors (Lipinski definition) is 1. The van der Waals surface area contributed by atoms with Crippen LogP contribution in [0.3, 0.4) is 0 Å². The molecule has 0 radical (unpaired) electrons. The molecule has 3 rings (SSSR count). The second-order valence-electron chi connectivity index (χ2n) is 6.05. The summed E-state index contributed by atoms with van der Waals surface area (Å²) < 4.78 is 13.3. The maximum atomic E-state index is 13.3. The Morgan fingerprint density at radius 1 is 0.905 bits per heavy atom. The topological polar surface area (TPSA) is 12.0 Å². The maximum Gasteiger partial charge on any atom is 0.123 e. The molecule has 0 fully saturated rings. The van der Waals surface area contributed by atoms with Crippen LogP contribution in [0.15, 0.2) is 42.5 Å². The van der Waals surface area contributed by atoms with E-state index in [4.69, 9.17) is 0 Å². The van der Waals surface area contributed by atoms with Crippen molar-refractivity contribution in [1.29, 1.82) is 0 Å². The lowest BCUT2D eigenvalue weighted by Crippen LogP contribution is -2.22. The predicted octanol–water partition coefficient (Wildman–Crippen LogP) is 4.73. The quantitative estimate of drug-likeness (QED) is 0.855. The molecule has 0 aromatic heterocycles. The summed E-state index contributed by atoms with van der Waals surface area (Å²) in [4.78, 5) is 0. The lowest BCUT2D eigenvalue weighted by molar-refractivity contribution is 0.491. The average molecular weight is 283 g/mol. The van der Waals surface area contributed by atoms with Crippen LogP contribution >= 0.6 is 0 Å². The summed E-state index contributed by atoms with van der Waals surface area (Å²) in [6.45, 7) is 4.26. The average Bonchev–Trinajstić information content (AvgIpc) is 2.94. The fourth-order valence-electron chi connectivity index (χ4n) is 3.20. The Kier molecular flexibility index (Phi) is 4.07. The predicted molar refractivity (Wildman–Crippen MR) is 84.8 cm³/mol. The normalized spacial score (nSPS) is 16.5. The molecular weight excluding hydrogens is 261 g/mol. The first-order valence-corrected chi connectivity index (χ1v) is 7.76. The van der Waals surface area contributed by atoms with Crippen molar-refractivity contribution in [2.24, 2.45) is 0 Å². The minimum absolute atomic E-state index is 0.129. The zero-order chi connectivity index (χ0) is 14.8. The van der Waals surface area contributed by atoms with Crippen molar-refractivity contribution < 1.29 is 4.39 Å². The van der Waals surface area contributed by atoms with Crippen molar-refractivity contribution in [2.75, 3.05) is 0 Å². The number of rotatable bonds is 4. The molecule has 0 heterocycles. The third kappa shape index (κ3) is 3.16. The molecule has 2 atom stereocenters. The molecule has 2 aromatic rings. The van der Waals surface area contributed by atoms with E-state index in [9.17, 15) is 4.39 Å². The van der Waals surface area contributed by atoms with Gasteiger partial charge in [-0.2, -0.15) is 0 Å². The molecule has 1 N–H and O–H groups in total. The van der Waals surface area contributed by atoms with Gasteiger partial charge in [0, 0.05) is 12.1 Å². The summed E-state index contributed by atoms with van der Waals surface area (Å²) in [5.41, 5.74) is 5.31. The van der Waals surface area contributed by atoms with Crippen LogP contribution in [-0.4, -0.2) is 0 Å². The van der Waals surface area contributed by atoms with E-state index in [1.807, 2.05) is 6.07 Å². The van der Waals surface area contributed by atoms with Crippen LogP contribution in [0.5, 0.6) is 0 Å². The molecule has 2 aromatic carbocycles. The molecule has 0 saturated carbocycles. The number of nitrogens with one attached hydrogen (secondary N) is 1. The smallest absolute Gasteiger partial charge is 0.123 e. The molecule has 0 spiro atoms. The van der Waals surface area contributed by atoms with Crippen LogP contribution < -0.4 is 5.32 Å². The highest BCUT2D eigenvalue weighted by Gasteiger charge is 2.15. The first-order chi connectivity index (χ1) is 10.1. The van der Waals surface area contributed by atoms with Gasteiger partial charge < -0.3 is 5.32 Å². The highest BCUT2D eigenvalue weighted by Crippen LogP contribution is 2.26. The molecule has 0 bridgehead atoms. The highest BCUT2D eigenvalue weighted by molar-refractivity contribution is 5.36. The van der Waals surface area contributed by atoms with Crippen LogP contribution in [-0.2, 0) is 12.8 Å². The summed E-state index contributed by atoms with van der Waals surface area (Å²) in [6, 6.07) is 14.0. The van der Waals surface area contributed by atoms with E-state index in [0.717, 1.165) is 5.56 Å². The van der Waals surface area contributed by atoms with Crippen molar-refractivity contribution in [2.45, 2.75) is 45.2 Å². The van der Waals surface area contributed by atoms with Crippen LogP contribution in [0, 0.1) is 5.82 Å². The lowest BCUT2D eigenvalue weighted by atomic mass is 10.0. The molecule has 21 heavy (non-hydrogen) atoms. The molecule has 110 valence electrons. The van der Waals surface area contributed by atoms with Crippen molar-refractivity contribution in [3.05, 3.63) is 70.5 Å². The van der Waals surface area contributed by atoms with Crippen molar-refractivity contribution in [3.63, 3.8) is 0 Å². The first-order valence-electron chi connectivity index (χ1n) is 7.76. The third-order valence-electron chi connectivity index (χ3n) is 4.47. The molecule has 1 aliphatic rings. The van der Waals surface area contributed by atoms with E-state index in [1.165, 1.54) is 42.0 Å². The van der Waals surface area contributed by atoms with Gasteiger partial charge >= 0.3 is 0 Å². The Bertz CT molecular complexity index is 635. The Morgan fingerprint density at radius 2 is 1.62 bits per heavy atom. The summed E-state index contributed by atoms with van der Waals surface area (Å²) in [6.07, 6.45) is 3.70. The summed E-state index contributed by atoms with van der Waals surface area (Å²) in [7, 11) is 0. The number of hydrogen-bond acceptors (Lipinski definition) is 1. The number of aryl methyl sites for hydroxylation is 2. The monoisotopic (exact) mass is 283 g/mol. The SMILES string of the molecule is CC(N[C@H](C)c1cccc(F)c1)c1ccc2c(c1)CCC2. The second-order valence-corrected chi connectivity index (χ2v) is 6.05. The van der Waals surface area contributed by atoms with Crippen LogP contribution in [0.4, 0.5) is 4.39 Å². The minimum Gasteiger partial charge on any atom is -0.304 e. The van der Waals surface area contributed by atoms with Gasteiger partial charge in [0.15, 0.2) is 0 Å². The van der Waals surface area contributed by atoms with Gasteiger partial charge in [-0.3, -0.25) is 0 Å². The third-order valence-corrected chi connectivity index (χ3v) is 4.47. The maximum absolute atomic E-state index is 13.3. The molecule has 1 aliphatic carbocycles. The Balaban J connectivity index is 1.72. The largest absolute Gasteiger partial charge is 0.304 e. The molecule has 1 nitrogen and oxygen atoms in total. The summed E-state index contributed by atoms with van der Waals surface area (Å²) in [5, 5.41) is 3.56. The van der Waals surface area contributed by atoms with Gasteiger partial charge in [0.2, 0.25) is 0 Å². The Morgan fingerprint density at radius 3 is 2.38 bits per heavy atom. The number of halogens is 1. The van der Waals surface area contributed by atoms with Crippen LogP contribution in [0.2, 0.25) is 0 Å². The van der Waals surface area contributed by atoms with Gasteiger partial charge in [-0.25, -0.2) is 4.39 Å². The van der Waals surface area contributed by atoms with Crippen molar-refractivity contribution in [3.8, 4) is 0 Å². The number of fused-ring (bicyclic) bond motifs is 1. The van der Waals surface area contributed by atoms with Crippen molar-refractivity contribution >= 4 is 0 Å². The van der Waals surface area contributed by atoms with E-state index < -0.39 is 0 Å². The number of benzene rings is 2. The molecule has 0 amide bonds. The lowest BCUT2D eigenvalue weighted by Gasteiger charge is -2.21. The molecule has 2 heteroatoms. The Hall–Kier alpha value is -1.67. The van der Waals surface area contributed by atoms with E-state index in [0.29, 0.717) is 0 Å².